The molecule has 0 unspecified atom stereocenters. The molecule has 0 N–H and O–H groups in total. The van der Waals surface area contributed by atoms with Crippen LogP contribution in [0, 0.1) is 0 Å². The molecule has 19 heavy (non-hydrogen) atoms. The Morgan fingerprint density at radius 3 is 1.53 bits per heavy atom. The van der Waals surface area contributed by atoms with Gasteiger partial charge in [0.25, 0.3) is 0 Å². The Balaban J connectivity index is 2.49. The van der Waals surface area contributed by atoms with Crippen LogP contribution in [0.4, 0.5) is 0 Å². The lowest BCUT2D eigenvalue weighted by molar-refractivity contribution is 0.595. The maximum Gasteiger partial charge on any atom is 0.237 e. The third kappa shape index (κ3) is 3.05. The molecule has 0 fully saturated rings. The second-order valence-electron chi connectivity index (χ2n) is 3.73. The van der Waals surface area contributed by atoms with Crippen molar-refractivity contribution in [2.75, 3.05) is 0 Å². The molecule has 100 valence electrons. The highest BCUT2D eigenvalue weighted by atomic mass is 79.9. The zero-order chi connectivity index (χ0) is 14.1. The summed E-state index contributed by atoms with van der Waals surface area (Å²) in [5.41, 5.74) is 0. The van der Waals surface area contributed by atoms with Crippen molar-refractivity contribution in [3.05, 3.63) is 54.6 Å². The number of halogens is 1. The molecular weight excluding hydrogens is 352 g/mol. The average Bonchev–Trinajstić information content (AvgIpc) is 2.39. The predicted molar refractivity (Wildman–Crippen MR) is 74.4 cm³/mol. The zero-order valence-electron chi connectivity index (χ0n) is 9.52. The van der Waals surface area contributed by atoms with Crippen molar-refractivity contribution in [1.29, 1.82) is 0 Å². The highest BCUT2D eigenvalue weighted by Gasteiger charge is 2.18. The lowest BCUT2D eigenvalue weighted by Gasteiger charge is -2.04. The van der Waals surface area contributed by atoms with Crippen LogP contribution in [0.15, 0.2) is 69.3 Å². The molecular formula is C12H9BrO4S2. The molecule has 4 nitrogen and oxygen atoms in total. The molecule has 0 radical (unpaired) electrons. The van der Waals surface area contributed by atoms with Crippen molar-refractivity contribution in [2.45, 2.75) is 14.7 Å². The molecule has 0 spiro atoms. The van der Waals surface area contributed by atoms with Crippen molar-refractivity contribution >= 4 is 32.9 Å². The molecule has 0 amide bonds. The molecule has 7 heteroatoms. The molecule has 0 aliphatic carbocycles. The molecule has 0 heterocycles. The van der Waals surface area contributed by atoms with Crippen LogP contribution in [0.25, 0.3) is 0 Å². The van der Waals surface area contributed by atoms with Gasteiger partial charge < -0.3 is 0 Å². The van der Waals surface area contributed by atoms with Gasteiger partial charge in [0.1, 0.15) is 0 Å². The van der Waals surface area contributed by atoms with E-state index in [1.165, 1.54) is 36.4 Å². The summed E-state index contributed by atoms with van der Waals surface area (Å²) in [6.45, 7) is 0. The summed E-state index contributed by atoms with van der Waals surface area (Å²) in [6.07, 6.45) is 0. The average molecular weight is 361 g/mol. The summed E-state index contributed by atoms with van der Waals surface area (Å²) >= 11 is 2.53. The minimum Gasteiger partial charge on any atom is -0.219 e. The van der Waals surface area contributed by atoms with Crippen LogP contribution in [0.3, 0.4) is 0 Å². The Hall–Kier alpha value is -1.18. The van der Waals surface area contributed by atoms with Crippen LogP contribution in [0.5, 0.6) is 0 Å². The summed E-state index contributed by atoms with van der Waals surface area (Å²) in [5, 5.41) is 0. The zero-order valence-corrected chi connectivity index (χ0v) is 12.7. The monoisotopic (exact) mass is 360 g/mol. The molecule has 2 rings (SSSR count). The predicted octanol–water partition coefficient (Wildman–Crippen LogP) is 2.60. The topological polar surface area (TPSA) is 68.3 Å². The van der Waals surface area contributed by atoms with E-state index >= 15 is 0 Å². The van der Waals surface area contributed by atoms with Gasteiger partial charge in [-0.2, -0.15) is 0 Å². The van der Waals surface area contributed by atoms with Gasteiger partial charge in [-0.15, -0.1) is 0 Å². The van der Waals surface area contributed by atoms with Gasteiger partial charge in [0.2, 0.25) is 18.1 Å². The Bertz CT molecular complexity index is 779. The first-order chi connectivity index (χ1) is 8.82. The van der Waals surface area contributed by atoms with E-state index in [1.807, 2.05) is 0 Å². The minimum atomic E-state index is -3.61. The maximum absolute atomic E-state index is 12.2. The molecule has 2 aromatic carbocycles. The van der Waals surface area contributed by atoms with Gasteiger partial charge >= 0.3 is 0 Å². The summed E-state index contributed by atoms with van der Waals surface area (Å²) in [5.74, 6) is 0. The van der Waals surface area contributed by atoms with Gasteiger partial charge in [0.15, 0.2) is 0 Å². The third-order valence-corrected chi connectivity index (χ3v) is 6.21. The van der Waals surface area contributed by atoms with E-state index in [0.717, 1.165) is 0 Å². The van der Waals surface area contributed by atoms with Gasteiger partial charge in [-0.3, -0.25) is 0 Å². The third-order valence-electron chi connectivity index (χ3n) is 2.47. The van der Waals surface area contributed by atoms with Gasteiger partial charge in [-0.25, -0.2) is 16.8 Å². The number of hydrogen-bond donors (Lipinski definition) is 0. The van der Waals surface area contributed by atoms with Crippen LogP contribution in [-0.2, 0) is 18.1 Å². The molecule has 0 saturated heterocycles. The van der Waals surface area contributed by atoms with E-state index in [0.29, 0.717) is 0 Å². The van der Waals surface area contributed by atoms with Crippen molar-refractivity contribution in [3.8, 4) is 0 Å². The standard InChI is InChI=1S/C12H9BrO4S2/c13-19(16,17)12-8-6-11(7-9-12)18(14,15)10-4-2-1-3-5-10/h1-9H. The molecule has 0 aliphatic rings. The van der Waals surface area contributed by atoms with E-state index in [2.05, 4.69) is 14.8 Å². The molecule has 2 aromatic rings. The fraction of sp³-hybridized carbons (Fsp3) is 0. The van der Waals surface area contributed by atoms with Crippen LogP contribution >= 0.6 is 14.8 Å². The van der Waals surface area contributed by atoms with Gasteiger partial charge in [0.05, 0.1) is 29.5 Å². The van der Waals surface area contributed by atoms with Gasteiger partial charge in [-0.1, -0.05) is 18.2 Å². The first-order valence-corrected chi connectivity index (χ1v) is 9.97. The summed E-state index contributed by atoms with van der Waals surface area (Å²) in [4.78, 5) is 0.238. The second-order valence-corrected chi connectivity index (χ2v) is 9.58. The van der Waals surface area contributed by atoms with Crippen LogP contribution in [0.1, 0.15) is 0 Å². The lowest BCUT2D eigenvalue weighted by atomic mass is 10.4. The molecule has 0 saturated carbocycles. The van der Waals surface area contributed by atoms with Crippen LogP contribution < -0.4 is 0 Å². The molecule has 0 atom stereocenters. The number of hydrogen-bond acceptors (Lipinski definition) is 4. The number of sulfone groups is 1. The lowest BCUT2D eigenvalue weighted by Crippen LogP contribution is -2.02. The van der Waals surface area contributed by atoms with Crippen LogP contribution in [0.2, 0.25) is 0 Å². The van der Waals surface area contributed by atoms with Crippen molar-refractivity contribution in [2.24, 2.45) is 0 Å². The minimum absolute atomic E-state index is 0.0134. The Morgan fingerprint density at radius 1 is 0.632 bits per heavy atom. The van der Waals surface area contributed by atoms with Gasteiger partial charge in [0, 0.05) is 0 Å². The number of rotatable bonds is 3. The van der Waals surface area contributed by atoms with Crippen molar-refractivity contribution in [3.63, 3.8) is 0 Å². The van der Waals surface area contributed by atoms with E-state index in [9.17, 15) is 16.8 Å². The maximum atomic E-state index is 12.2. The van der Waals surface area contributed by atoms with Crippen molar-refractivity contribution in [1.82, 2.24) is 0 Å². The highest BCUT2D eigenvalue weighted by Crippen LogP contribution is 2.23. The summed E-state index contributed by atoms with van der Waals surface area (Å²) in [7, 11) is -7.12. The van der Waals surface area contributed by atoms with E-state index < -0.39 is 18.1 Å². The van der Waals surface area contributed by atoms with E-state index in [4.69, 9.17) is 0 Å². The molecule has 0 aliphatic heterocycles. The van der Waals surface area contributed by atoms with E-state index in [1.54, 1.807) is 18.2 Å². The SMILES string of the molecule is O=S(=O)(Br)c1ccc(S(=O)(=O)c2ccccc2)cc1. The van der Waals surface area contributed by atoms with Gasteiger partial charge in [-0.05, 0) is 36.4 Å². The van der Waals surface area contributed by atoms with E-state index in [-0.39, 0.29) is 14.7 Å². The fourth-order valence-corrected chi connectivity index (χ4v) is 3.91. The second kappa shape index (κ2) is 5.07. The molecule has 0 aromatic heterocycles. The smallest absolute Gasteiger partial charge is 0.219 e. The first kappa shape index (κ1) is 14.2. The fourth-order valence-electron chi connectivity index (χ4n) is 1.52. The first-order valence-electron chi connectivity index (χ1n) is 5.17. The Labute approximate surface area is 119 Å². The quantitative estimate of drug-likeness (QED) is 0.788. The summed E-state index contributed by atoms with van der Waals surface area (Å²) in [6, 6.07) is 13.0. The van der Waals surface area contributed by atoms with Crippen molar-refractivity contribution < 1.29 is 16.8 Å². The Morgan fingerprint density at radius 2 is 1.05 bits per heavy atom. The summed E-state index contributed by atoms with van der Waals surface area (Å²) < 4.78 is 46.9. The normalized spacial score (nSPS) is 12.3. The number of benzene rings is 2. The largest absolute Gasteiger partial charge is 0.237 e. The highest BCUT2D eigenvalue weighted by molar-refractivity contribution is 9.47. The Kier molecular flexibility index (Phi) is 3.80. The molecule has 0 bridgehead atoms. The van der Waals surface area contributed by atoms with Crippen LogP contribution in [-0.4, -0.2) is 16.8 Å².